The highest BCUT2D eigenvalue weighted by atomic mass is 16.4. The van der Waals surface area contributed by atoms with Crippen molar-refractivity contribution in [2.75, 3.05) is 0 Å². The highest BCUT2D eigenvalue weighted by molar-refractivity contribution is 5.90. The second kappa shape index (κ2) is 4.58. The van der Waals surface area contributed by atoms with E-state index in [1.165, 1.54) is 12.1 Å². The van der Waals surface area contributed by atoms with Crippen molar-refractivity contribution < 1.29 is 9.90 Å². The van der Waals surface area contributed by atoms with Crippen LogP contribution >= 0.6 is 0 Å². The van der Waals surface area contributed by atoms with Crippen LogP contribution in [0.15, 0.2) is 12.1 Å². The van der Waals surface area contributed by atoms with Gasteiger partial charge in [-0.25, -0.2) is 4.79 Å². The Labute approximate surface area is 87.9 Å². The van der Waals surface area contributed by atoms with E-state index in [1.807, 2.05) is 13.0 Å². The normalized spacial score (nSPS) is 9.67. The fraction of sp³-hybridized carbons (Fsp3) is 0.273. The van der Waals surface area contributed by atoms with Crippen LogP contribution in [-0.4, -0.2) is 11.1 Å². The molecule has 0 saturated carbocycles. The minimum absolute atomic E-state index is 0.188. The van der Waals surface area contributed by atoms with Crippen LogP contribution < -0.4 is 5.73 Å². The van der Waals surface area contributed by atoms with Crippen molar-refractivity contribution in [2.24, 2.45) is 5.73 Å². The molecule has 1 aromatic carbocycles. The highest BCUT2D eigenvalue weighted by Crippen LogP contribution is 2.19. The quantitative estimate of drug-likeness (QED) is 0.776. The number of rotatable bonds is 3. The summed E-state index contributed by atoms with van der Waals surface area (Å²) in [6, 6.07) is 4.98. The van der Waals surface area contributed by atoms with E-state index in [-0.39, 0.29) is 12.1 Å². The van der Waals surface area contributed by atoms with Gasteiger partial charge in [0.25, 0.3) is 0 Å². The first-order chi connectivity index (χ1) is 7.15. The van der Waals surface area contributed by atoms with Gasteiger partial charge in [0, 0.05) is 6.54 Å². The Morgan fingerprint density at radius 3 is 2.60 bits per heavy atom. The van der Waals surface area contributed by atoms with Crippen LogP contribution in [0.2, 0.25) is 0 Å². The summed E-state index contributed by atoms with van der Waals surface area (Å²) < 4.78 is 0. The summed E-state index contributed by atoms with van der Waals surface area (Å²) in [5.74, 6) is -0.981. The van der Waals surface area contributed by atoms with E-state index in [9.17, 15) is 4.79 Å². The SMILES string of the molecule is CCc1c(C(=O)O)ccc(C#N)c1CN. The summed E-state index contributed by atoms with van der Waals surface area (Å²) in [5, 5.41) is 17.8. The average molecular weight is 204 g/mol. The Morgan fingerprint density at radius 2 is 2.20 bits per heavy atom. The first kappa shape index (κ1) is 11.2. The number of nitrogens with zero attached hydrogens (tertiary/aromatic N) is 1. The second-order valence-electron chi connectivity index (χ2n) is 3.09. The molecule has 0 aliphatic carbocycles. The molecule has 0 radical (unpaired) electrons. The molecule has 1 rings (SSSR count). The van der Waals surface area contributed by atoms with Crippen LogP contribution in [0.4, 0.5) is 0 Å². The van der Waals surface area contributed by atoms with E-state index in [0.29, 0.717) is 23.1 Å². The van der Waals surface area contributed by atoms with Gasteiger partial charge in [0.1, 0.15) is 0 Å². The molecule has 0 heterocycles. The third-order valence-corrected chi connectivity index (χ3v) is 2.34. The molecule has 0 fully saturated rings. The minimum Gasteiger partial charge on any atom is -0.478 e. The van der Waals surface area contributed by atoms with E-state index < -0.39 is 5.97 Å². The molecule has 1 aromatic rings. The lowest BCUT2D eigenvalue weighted by atomic mass is 9.94. The van der Waals surface area contributed by atoms with E-state index in [1.54, 1.807) is 0 Å². The highest BCUT2D eigenvalue weighted by Gasteiger charge is 2.14. The molecule has 4 heteroatoms. The standard InChI is InChI=1S/C11H12N2O2/c1-2-8-9(11(14)15)4-3-7(5-12)10(8)6-13/h3-4H,2,6,13H2,1H3,(H,14,15). The van der Waals surface area contributed by atoms with Crippen molar-refractivity contribution in [3.63, 3.8) is 0 Å². The molecule has 0 bridgehead atoms. The molecule has 0 unspecified atom stereocenters. The molecular formula is C11H12N2O2. The topological polar surface area (TPSA) is 87.1 Å². The Balaban J connectivity index is 3.49. The summed E-state index contributed by atoms with van der Waals surface area (Å²) in [6.45, 7) is 2.04. The number of benzene rings is 1. The first-order valence-electron chi connectivity index (χ1n) is 4.63. The monoisotopic (exact) mass is 204 g/mol. The van der Waals surface area contributed by atoms with Crippen LogP contribution in [0.25, 0.3) is 0 Å². The summed E-state index contributed by atoms with van der Waals surface area (Å²) in [5.41, 5.74) is 7.51. The molecule has 4 nitrogen and oxygen atoms in total. The number of nitriles is 1. The second-order valence-corrected chi connectivity index (χ2v) is 3.09. The van der Waals surface area contributed by atoms with Crippen LogP contribution in [0, 0.1) is 11.3 Å². The van der Waals surface area contributed by atoms with Gasteiger partial charge in [-0.15, -0.1) is 0 Å². The van der Waals surface area contributed by atoms with Crippen molar-refractivity contribution in [2.45, 2.75) is 19.9 Å². The van der Waals surface area contributed by atoms with Gasteiger partial charge in [-0.2, -0.15) is 5.26 Å². The lowest BCUT2D eigenvalue weighted by molar-refractivity contribution is 0.0695. The van der Waals surface area contributed by atoms with Gasteiger partial charge < -0.3 is 10.8 Å². The molecule has 3 N–H and O–H groups in total. The number of aromatic carboxylic acids is 1. The largest absolute Gasteiger partial charge is 0.478 e. The van der Waals surface area contributed by atoms with Crippen LogP contribution in [0.5, 0.6) is 0 Å². The van der Waals surface area contributed by atoms with Crippen LogP contribution in [-0.2, 0) is 13.0 Å². The fourth-order valence-electron chi connectivity index (χ4n) is 1.64. The Bertz CT molecular complexity index is 433. The predicted molar refractivity (Wildman–Crippen MR) is 55.4 cm³/mol. The molecular weight excluding hydrogens is 192 g/mol. The van der Waals surface area contributed by atoms with Crippen molar-refractivity contribution in [1.29, 1.82) is 5.26 Å². The third kappa shape index (κ3) is 1.97. The molecule has 0 amide bonds. The summed E-state index contributed by atoms with van der Waals surface area (Å²) in [6.07, 6.45) is 0.559. The van der Waals surface area contributed by atoms with Gasteiger partial charge in [0.2, 0.25) is 0 Å². The van der Waals surface area contributed by atoms with Gasteiger partial charge in [0.15, 0.2) is 0 Å². The summed E-state index contributed by atoms with van der Waals surface area (Å²) in [4.78, 5) is 10.9. The van der Waals surface area contributed by atoms with E-state index >= 15 is 0 Å². The minimum atomic E-state index is -0.981. The molecule has 0 aliphatic heterocycles. The van der Waals surface area contributed by atoms with Crippen molar-refractivity contribution in [3.05, 3.63) is 34.4 Å². The van der Waals surface area contributed by atoms with Gasteiger partial charge in [0.05, 0.1) is 17.2 Å². The maximum atomic E-state index is 10.9. The Kier molecular flexibility index (Phi) is 3.42. The van der Waals surface area contributed by atoms with Gasteiger partial charge in [-0.3, -0.25) is 0 Å². The average Bonchev–Trinajstić information content (AvgIpc) is 2.26. The number of hydrogen-bond acceptors (Lipinski definition) is 3. The smallest absolute Gasteiger partial charge is 0.335 e. The lowest BCUT2D eigenvalue weighted by Crippen LogP contribution is -2.10. The van der Waals surface area contributed by atoms with Crippen molar-refractivity contribution in [3.8, 4) is 6.07 Å². The number of carboxylic acids is 1. The van der Waals surface area contributed by atoms with Crippen molar-refractivity contribution in [1.82, 2.24) is 0 Å². The predicted octanol–water partition coefficient (Wildman–Crippen LogP) is 1.28. The van der Waals surface area contributed by atoms with Crippen molar-refractivity contribution >= 4 is 5.97 Å². The number of nitrogens with two attached hydrogens (primary N) is 1. The van der Waals surface area contributed by atoms with Gasteiger partial charge in [-0.1, -0.05) is 6.92 Å². The number of carboxylic acid groups (broad SMARTS) is 1. The molecule has 0 aliphatic rings. The number of hydrogen-bond donors (Lipinski definition) is 2. The Hall–Kier alpha value is -1.86. The first-order valence-corrected chi connectivity index (χ1v) is 4.63. The maximum Gasteiger partial charge on any atom is 0.335 e. The van der Waals surface area contributed by atoms with Gasteiger partial charge >= 0.3 is 5.97 Å². The van der Waals surface area contributed by atoms with E-state index in [4.69, 9.17) is 16.1 Å². The number of carbonyl (C=O) groups is 1. The zero-order chi connectivity index (χ0) is 11.4. The molecule has 0 spiro atoms. The molecule has 0 saturated heterocycles. The van der Waals surface area contributed by atoms with Crippen LogP contribution in [0.3, 0.4) is 0 Å². The summed E-state index contributed by atoms with van der Waals surface area (Å²) >= 11 is 0. The fourth-order valence-corrected chi connectivity index (χ4v) is 1.64. The zero-order valence-corrected chi connectivity index (χ0v) is 8.45. The van der Waals surface area contributed by atoms with E-state index in [2.05, 4.69) is 0 Å². The molecule has 0 aromatic heterocycles. The molecule has 0 atom stereocenters. The van der Waals surface area contributed by atoms with Crippen LogP contribution in [0.1, 0.15) is 34.0 Å². The maximum absolute atomic E-state index is 10.9. The van der Waals surface area contributed by atoms with E-state index in [0.717, 1.165) is 0 Å². The van der Waals surface area contributed by atoms with Gasteiger partial charge in [-0.05, 0) is 29.7 Å². The molecule has 15 heavy (non-hydrogen) atoms. The lowest BCUT2D eigenvalue weighted by Gasteiger charge is -2.10. The summed E-state index contributed by atoms with van der Waals surface area (Å²) in [7, 11) is 0. The zero-order valence-electron chi connectivity index (χ0n) is 8.45. The third-order valence-electron chi connectivity index (χ3n) is 2.34. The Morgan fingerprint density at radius 1 is 1.53 bits per heavy atom. The molecule has 78 valence electrons.